The molecular formula is C13H17BrN4. The zero-order chi connectivity index (χ0) is 13.1. The summed E-state index contributed by atoms with van der Waals surface area (Å²) in [6.45, 7) is 2.85. The lowest BCUT2D eigenvalue weighted by atomic mass is 10.2. The lowest BCUT2D eigenvalue weighted by Gasteiger charge is -2.10. The summed E-state index contributed by atoms with van der Waals surface area (Å²) in [6.07, 6.45) is 2.86. The van der Waals surface area contributed by atoms with Crippen LogP contribution in [0.1, 0.15) is 11.3 Å². The molecule has 5 heteroatoms. The molecule has 18 heavy (non-hydrogen) atoms. The molecule has 1 heterocycles. The summed E-state index contributed by atoms with van der Waals surface area (Å²) in [7, 11) is 1.93. The summed E-state index contributed by atoms with van der Waals surface area (Å²) in [5, 5.41) is 7.73. The normalized spacial score (nSPS) is 10.6. The van der Waals surface area contributed by atoms with Crippen molar-refractivity contribution in [2.75, 3.05) is 17.6 Å². The Kier molecular flexibility index (Phi) is 3.91. The van der Waals surface area contributed by atoms with Gasteiger partial charge in [0, 0.05) is 42.1 Å². The predicted molar refractivity (Wildman–Crippen MR) is 78.7 cm³/mol. The van der Waals surface area contributed by atoms with Crippen molar-refractivity contribution in [3.05, 3.63) is 40.1 Å². The van der Waals surface area contributed by atoms with E-state index in [0.29, 0.717) is 0 Å². The second kappa shape index (κ2) is 5.44. The number of hydrogen-bond acceptors (Lipinski definition) is 3. The van der Waals surface area contributed by atoms with Gasteiger partial charge in [0.25, 0.3) is 0 Å². The topological polar surface area (TPSA) is 55.9 Å². The molecule has 0 bridgehead atoms. The molecule has 0 radical (unpaired) electrons. The zero-order valence-electron chi connectivity index (χ0n) is 10.6. The molecule has 0 unspecified atom stereocenters. The zero-order valence-corrected chi connectivity index (χ0v) is 12.2. The summed E-state index contributed by atoms with van der Waals surface area (Å²) in [5.74, 6) is 0. The Hall–Kier alpha value is -1.49. The first-order chi connectivity index (χ1) is 8.56. The molecule has 2 rings (SSSR count). The van der Waals surface area contributed by atoms with Gasteiger partial charge in [-0.25, -0.2) is 0 Å². The number of rotatable bonds is 4. The smallest absolute Gasteiger partial charge is 0.0642 e. The average molecular weight is 309 g/mol. The van der Waals surface area contributed by atoms with E-state index in [-0.39, 0.29) is 0 Å². The molecule has 0 atom stereocenters. The van der Waals surface area contributed by atoms with Crippen LogP contribution in [-0.2, 0) is 13.5 Å². The fourth-order valence-corrected chi connectivity index (χ4v) is 2.26. The Labute approximate surface area is 115 Å². The molecular weight excluding hydrogens is 292 g/mol. The summed E-state index contributed by atoms with van der Waals surface area (Å²) in [4.78, 5) is 0. The third-order valence-corrected chi connectivity index (χ3v) is 3.48. The van der Waals surface area contributed by atoms with Crippen molar-refractivity contribution in [1.29, 1.82) is 0 Å². The predicted octanol–water partition coefficient (Wildman–Crippen LogP) is 2.73. The second-order valence-electron chi connectivity index (χ2n) is 4.35. The molecule has 0 saturated heterocycles. The molecule has 0 aliphatic carbocycles. The highest BCUT2D eigenvalue weighted by Gasteiger charge is 2.03. The number of halogens is 1. The fraction of sp³-hybridized carbons (Fsp3) is 0.308. The molecule has 2 aromatic rings. The number of nitrogen functional groups attached to an aromatic ring is 1. The first-order valence-corrected chi connectivity index (χ1v) is 6.63. The molecule has 0 fully saturated rings. The van der Waals surface area contributed by atoms with Crippen LogP contribution in [0, 0.1) is 6.92 Å². The molecule has 3 N–H and O–H groups in total. The number of nitrogens with one attached hydrogen (secondary N) is 1. The molecule has 4 nitrogen and oxygen atoms in total. The maximum atomic E-state index is 5.84. The highest BCUT2D eigenvalue weighted by molar-refractivity contribution is 9.10. The van der Waals surface area contributed by atoms with Gasteiger partial charge >= 0.3 is 0 Å². The van der Waals surface area contributed by atoms with Gasteiger partial charge < -0.3 is 11.1 Å². The number of anilines is 2. The lowest BCUT2D eigenvalue weighted by Crippen LogP contribution is -2.07. The van der Waals surface area contributed by atoms with Gasteiger partial charge in [0.2, 0.25) is 0 Å². The van der Waals surface area contributed by atoms with Crippen molar-refractivity contribution < 1.29 is 0 Å². The second-order valence-corrected chi connectivity index (χ2v) is 5.20. The molecule has 1 aromatic heterocycles. The number of nitrogens with two attached hydrogens (primary N) is 1. The van der Waals surface area contributed by atoms with Crippen molar-refractivity contribution in [2.24, 2.45) is 7.05 Å². The maximum Gasteiger partial charge on any atom is 0.0642 e. The van der Waals surface area contributed by atoms with Crippen LogP contribution in [0.25, 0.3) is 0 Å². The van der Waals surface area contributed by atoms with Crippen LogP contribution in [0.2, 0.25) is 0 Å². The third kappa shape index (κ3) is 3.04. The molecule has 0 amide bonds. The van der Waals surface area contributed by atoms with Crippen LogP contribution in [0.4, 0.5) is 11.4 Å². The Morgan fingerprint density at radius 1 is 1.44 bits per heavy atom. The van der Waals surface area contributed by atoms with Crippen LogP contribution < -0.4 is 11.1 Å². The summed E-state index contributed by atoms with van der Waals surface area (Å²) in [5.41, 5.74) is 9.88. The van der Waals surface area contributed by atoms with Gasteiger partial charge in [-0.3, -0.25) is 4.68 Å². The Morgan fingerprint density at radius 2 is 2.22 bits per heavy atom. The molecule has 0 saturated carbocycles. The van der Waals surface area contributed by atoms with Crippen molar-refractivity contribution in [3.8, 4) is 0 Å². The van der Waals surface area contributed by atoms with Gasteiger partial charge in [-0.1, -0.05) is 0 Å². The van der Waals surface area contributed by atoms with Crippen LogP contribution >= 0.6 is 15.9 Å². The largest absolute Gasteiger partial charge is 0.398 e. The molecule has 0 aliphatic rings. The fourth-order valence-electron chi connectivity index (χ4n) is 1.75. The van der Waals surface area contributed by atoms with Crippen molar-refractivity contribution in [2.45, 2.75) is 13.3 Å². The highest BCUT2D eigenvalue weighted by atomic mass is 79.9. The molecule has 1 aromatic carbocycles. The van der Waals surface area contributed by atoms with Gasteiger partial charge in [-0.05, 0) is 46.6 Å². The van der Waals surface area contributed by atoms with E-state index in [9.17, 15) is 0 Å². The van der Waals surface area contributed by atoms with E-state index in [2.05, 4.69) is 32.4 Å². The number of hydrogen-bond donors (Lipinski definition) is 2. The minimum absolute atomic E-state index is 0.803. The summed E-state index contributed by atoms with van der Waals surface area (Å²) < 4.78 is 2.81. The molecule has 96 valence electrons. The SMILES string of the molecule is Cc1cc(NCCc2ccn(C)n2)c(Br)cc1N. The summed E-state index contributed by atoms with van der Waals surface area (Å²) in [6, 6.07) is 6.02. The Morgan fingerprint density at radius 3 is 2.89 bits per heavy atom. The van der Waals surface area contributed by atoms with Gasteiger partial charge in [0.05, 0.1) is 5.69 Å². The minimum atomic E-state index is 0.803. The first-order valence-electron chi connectivity index (χ1n) is 5.84. The number of benzene rings is 1. The van der Waals surface area contributed by atoms with Gasteiger partial charge in [-0.2, -0.15) is 5.10 Å². The Bertz CT molecular complexity index is 548. The number of aryl methyl sites for hydroxylation is 2. The van der Waals surface area contributed by atoms with E-state index < -0.39 is 0 Å². The van der Waals surface area contributed by atoms with E-state index in [1.165, 1.54) is 0 Å². The van der Waals surface area contributed by atoms with Crippen molar-refractivity contribution >= 4 is 27.3 Å². The molecule has 0 aliphatic heterocycles. The van der Waals surface area contributed by atoms with E-state index in [1.807, 2.05) is 37.0 Å². The standard InChI is InChI=1S/C13H17BrN4/c1-9-7-13(11(14)8-12(9)15)16-5-3-10-4-6-18(2)17-10/h4,6-8,16H,3,5,15H2,1-2H3. The van der Waals surface area contributed by atoms with Gasteiger partial charge in [0.1, 0.15) is 0 Å². The number of nitrogens with zero attached hydrogens (tertiary/aromatic N) is 2. The lowest BCUT2D eigenvalue weighted by molar-refractivity contribution is 0.742. The molecule has 0 spiro atoms. The minimum Gasteiger partial charge on any atom is -0.398 e. The first kappa shape index (κ1) is 13.0. The van der Waals surface area contributed by atoms with Crippen LogP contribution in [-0.4, -0.2) is 16.3 Å². The third-order valence-electron chi connectivity index (χ3n) is 2.82. The van der Waals surface area contributed by atoms with E-state index in [4.69, 9.17) is 5.73 Å². The average Bonchev–Trinajstić information content (AvgIpc) is 2.71. The van der Waals surface area contributed by atoms with Crippen molar-refractivity contribution in [1.82, 2.24) is 9.78 Å². The van der Waals surface area contributed by atoms with Crippen LogP contribution in [0.3, 0.4) is 0 Å². The summed E-state index contributed by atoms with van der Waals surface area (Å²) >= 11 is 3.51. The quantitative estimate of drug-likeness (QED) is 0.854. The Balaban J connectivity index is 1.96. The van der Waals surface area contributed by atoms with Gasteiger partial charge in [0.15, 0.2) is 0 Å². The van der Waals surface area contributed by atoms with E-state index >= 15 is 0 Å². The van der Waals surface area contributed by atoms with Crippen molar-refractivity contribution in [3.63, 3.8) is 0 Å². The highest BCUT2D eigenvalue weighted by Crippen LogP contribution is 2.27. The monoisotopic (exact) mass is 308 g/mol. The van der Waals surface area contributed by atoms with E-state index in [0.717, 1.165) is 40.1 Å². The van der Waals surface area contributed by atoms with E-state index in [1.54, 1.807) is 0 Å². The number of aromatic nitrogens is 2. The maximum absolute atomic E-state index is 5.84. The van der Waals surface area contributed by atoms with Crippen LogP contribution in [0.5, 0.6) is 0 Å². The van der Waals surface area contributed by atoms with Crippen LogP contribution in [0.15, 0.2) is 28.9 Å². The van der Waals surface area contributed by atoms with Gasteiger partial charge in [-0.15, -0.1) is 0 Å².